The van der Waals surface area contributed by atoms with Crippen LogP contribution in [0.15, 0.2) is 12.1 Å². The van der Waals surface area contributed by atoms with Gasteiger partial charge in [0.1, 0.15) is 13.7 Å². The molecule has 0 spiro atoms. The van der Waals surface area contributed by atoms with E-state index in [1.807, 2.05) is 0 Å². The molecular weight excluding hydrogens is 265 g/mol. The second-order valence-corrected chi connectivity index (χ2v) is 3.59. The number of nitrogen functional groups attached to an aromatic ring is 1. The van der Waals surface area contributed by atoms with E-state index in [9.17, 15) is 17.6 Å². The van der Waals surface area contributed by atoms with E-state index < -0.39 is 23.0 Å². The van der Waals surface area contributed by atoms with E-state index in [1.165, 1.54) is 0 Å². The molecule has 1 aromatic heterocycles. The van der Waals surface area contributed by atoms with Crippen molar-refractivity contribution in [1.29, 1.82) is 0 Å². The van der Waals surface area contributed by atoms with Gasteiger partial charge in [0.15, 0.2) is 0 Å². The summed E-state index contributed by atoms with van der Waals surface area (Å²) in [6, 6.07) is 1.46. The van der Waals surface area contributed by atoms with Crippen molar-refractivity contribution in [1.82, 2.24) is 15.2 Å². The summed E-state index contributed by atoms with van der Waals surface area (Å²) in [4.78, 5) is 3.61. The normalized spacial score (nSPS) is 11.6. The lowest BCUT2D eigenvalue weighted by Crippen LogP contribution is -2.23. The highest BCUT2D eigenvalue weighted by atomic mass is 19.4. The molecule has 4 N–H and O–H groups in total. The van der Waals surface area contributed by atoms with Gasteiger partial charge in [0, 0.05) is 5.69 Å². The second kappa shape index (κ2) is 4.45. The Morgan fingerprint density at radius 3 is 2.53 bits per heavy atom. The van der Waals surface area contributed by atoms with Crippen molar-refractivity contribution >= 4 is 30.9 Å². The Kier molecular flexibility index (Phi) is 3.09. The first-order valence-corrected chi connectivity index (χ1v) is 4.88. The van der Waals surface area contributed by atoms with Crippen LogP contribution in [0, 0.1) is 5.82 Å². The minimum atomic E-state index is -4.76. The van der Waals surface area contributed by atoms with Crippen LogP contribution in [0.4, 0.5) is 35.1 Å². The molecule has 0 saturated carbocycles. The van der Waals surface area contributed by atoms with Crippen molar-refractivity contribution in [3.05, 3.63) is 23.5 Å². The lowest BCUT2D eigenvalue weighted by molar-refractivity contribution is -0.136. The summed E-state index contributed by atoms with van der Waals surface area (Å²) in [6.07, 6.45) is -4.76. The lowest BCUT2D eigenvalue weighted by Gasteiger charge is -2.13. The maximum absolute atomic E-state index is 13.3. The highest BCUT2D eigenvalue weighted by Gasteiger charge is 2.33. The number of hydrogen-bond donors (Lipinski definition) is 3. The van der Waals surface area contributed by atoms with Crippen LogP contribution in [0.1, 0.15) is 5.56 Å². The number of benzene rings is 1. The predicted molar refractivity (Wildman–Crippen MR) is 60.9 cm³/mol. The van der Waals surface area contributed by atoms with Crippen molar-refractivity contribution in [2.24, 2.45) is 0 Å². The summed E-state index contributed by atoms with van der Waals surface area (Å²) in [5, 5.41) is 8.20. The molecule has 1 aromatic carbocycles. The molecule has 19 heavy (non-hydrogen) atoms. The molecule has 0 amide bonds. The van der Waals surface area contributed by atoms with Crippen LogP contribution in [0.3, 0.4) is 0 Å². The summed E-state index contributed by atoms with van der Waals surface area (Å²) in [6.45, 7) is 0. The number of aromatic nitrogens is 3. The molecule has 5 nitrogen and oxygen atoms in total. The third kappa shape index (κ3) is 2.77. The van der Waals surface area contributed by atoms with Crippen LogP contribution in [0.25, 0.3) is 0 Å². The number of rotatable bonds is 2. The van der Waals surface area contributed by atoms with Gasteiger partial charge in [-0.1, -0.05) is 0 Å². The van der Waals surface area contributed by atoms with Gasteiger partial charge in [0.2, 0.25) is 11.9 Å². The van der Waals surface area contributed by atoms with Crippen molar-refractivity contribution in [3.63, 3.8) is 0 Å². The fourth-order valence-electron chi connectivity index (χ4n) is 1.38. The first-order chi connectivity index (χ1) is 8.77. The monoisotopic (exact) mass is 271 g/mol. The SMILES string of the molecule is [B]c1c(F)cc(Nc2n[nH]c(N)n2)cc1C(F)(F)F. The third-order valence-corrected chi connectivity index (χ3v) is 2.19. The second-order valence-electron chi connectivity index (χ2n) is 3.59. The average molecular weight is 271 g/mol. The van der Waals surface area contributed by atoms with Crippen molar-refractivity contribution in [2.45, 2.75) is 6.18 Å². The summed E-state index contributed by atoms with van der Waals surface area (Å²) in [7, 11) is 5.05. The van der Waals surface area contributed by atoms with Crippen molar-refractivity contribution in [2.75, 3.05) is 11.1 Å². The van der Waals surface area contributed by atoms with E-state index in [4.69, 9.17) is 13.6 Å². The summed E-state index contributed by atoms with van der Waals surface area (Å²) in [5.41, 5.74) is 2.80. The summed E-state index contributed by atoms with van der Waals surface area (Å²) < 4.78 is 51.2. The van der Waals surface area contributed by atoms with Gasteiger partial charge in [0.05, 0.1) is 5.56 Å². The number of nitrogens with two attached hydrogens (primary N) is 1. The zero-order chi connectivity index (χ0) is 14.2. The van der Waals surface area contributed by atoms with Crippen LogP contribution >= 0.6 is 0 Å². The number of anilines is 3. The van der Waals surface area contributed by atoms with Crippen LogP contribution in [-0.4, -0.2) is 23.0 Å². The third-order valence-electron chi connectivity index (χ3n) is 2.19. The van der Waals surface area contributed by atoms with Gasteiger partial charge in [-0.25, -0.2) is 9.49 Å². The molecule has 0 aliphatic heterocycles. The number of H-pyrrole nitrogens is 1. The van der Waals surface area contributed by atoms with E-state index in [0.29, 0.717) is 6.07 Å². The van der Waals surface area contributed by atoms with E-state index >= 15 is 0 Å². The Morgan fingerprint density at radius 1 is 1.32 bits per heavy atom. The number of nitrogens with one attached hydrogen (secondary N) is 2. The standard InChI is InChI=1S/C9H6BF4N5/c10-6-4(9(12,13)14)1-3(2-5(6)11)16-8-17-7(15)18-19-8/h1-2H,(H4,15,16,17,18,19). The molecule has 0 aliphatic carbocycles. The molecule has 0 saturated heterocycles. The Morgan fingerprint density at radius 2 is 2.00 bits per heavy atom. The van der Waals surface area contributed by atoms with Gasteiger partial charge < -0.3 is 11.1 Å². The van der Waals surface area contributed by atoms with Crippen molar-refractivity contribution in [3.8, 4) is 0 Å². The maximum Gasteiger partial charge on any atom is 0.416 e. The molecule has 2 radical (unpaired) electrons. The molecule has 0 aliphatic rings. The summed E-state index contributed by atoms with van der Waals surface area (Å²) in [5.74, 6) is -1.31. The van der Waals surface area contributed by atoms with Crippen LogP contribution in [-0.2, 0) is 6.18 Å². The molecule has 0 unspecified atom stereocenters. The van der Waals surface area contributed by atoms with Gasteiger partial charge in [-0.2, -0.15) is 18.2 Å². The molecule has 10 heteroatoms. The zero-order valence-electron chi connectivity index (χ0n) is 9.22. The quantitative estimate of drug-likeness (QED) is 0.564. The number of aromatic amines is 1. The Labute approximate surface area is 105 Å². The molecule has 0 atom stereocenters. The molecule has 2 aromatic rings. The highest BCUT2D eigenvalue weighted by Crippen LogP contribution is 2.30. The van der Waals surface area contributed by atoms with Crippen LogP contribution in [0.5, 0.6) is 0 Å². The number of halogens is 4. The van der Waals surface area contributed by atoms with E-state index in [0.717, 1.165) is 6.07 Å². The zero-order valence-corrected chi connectivity index (χ0v) is 9.22. The molecule has 2 rings (SSSR count). The minimum Gasteiger partial charge on any atom is -0.368 e. The molecule has 0 fully saturated rings. The van der Waals surface area contributed by atoms with Gasteiger partial charge in [-0.05, 0) is 17.6 Å². The smallest absolute Gasteiger partial charge is 0.368 e. The fraction of sp³-hybridized carbons (Fsp3) is 0.111. The van der Waals surface area contributed by atoms with Gasteiger partial charge in [-0.15, -0.1) is 5.10 Å². The van der Waals surface area contributed by atoms with Gasteiger partial charge in [0.25, 0.3) is 0 Å². The van der Waals surface area contributed by atoms with Gasteiger partial charge >= 0.3 is 6.18 Å². The average Bonchev–Trinajstić information content (AvgIpc) is 2.67. The highest BCUT2D eigenvalue weighted by molar-refractivity contribution is 6.33. The minimum absolute atomic E-state index is 0.0329. The lowest BCUT2D eigenvalue weighted by atomic mass is 9.89. The number of alkyl halides is 3. The Bertz CT molecular complexity index is 609. The van der Waals surface area contributed by atoms with Crippen LogP contribution in [0.2, 0.25) is 0 Å². The largest absolute Gasteiger partial charge is 0.416 e. The molecule has 1 heterocycles. The van der Waals surface area contributed by atoms with E-state index in [-0.39, 0.29) is 17.6 Å². The van der Waals surface area contributed by atoms with Gasteiger partial charge in [-0.3, -0.25) is 0 Å². The Hall–Kier alpha value is -2.26. The van der Waals surface area contributed by atoms with Crippen LogP contribution < -0.4 is 16.5 Å². The molecule has 98 valence electrons. The summed E-state index contributed by atoms with van der Waals surface area (Å²) >= 11 is 0. The van der Waals surface area contributed by atoms with Crippen molar-refractivity contribution < 1.29 is 17.6 Å². The first-order valence-electron chi connectivity index (χ1n) is 4.88. The Balaban J connectivity index is 2.39. The number of hydrogen-bond acceptors (Lipinski definition) is 4. The molecule has 0 bridgehead atoms. The van der Waals surface area contributed by atoms with E-state index in [1.54, 1.807) is 0 Å². The fourth-order valence-corrected chi connectivity index (χ4v) is 1.38. The first kappa shape index (κ1) is 13.2. The number of nitrogens with zero attached hydrogens (tertiary/aromatic N) is 2. The van der Waals surface area contributed by atoms with E-state index in [2.05, 4.69) is 20.5 Å². The topological polar surface area (TPSA) is 79.6 Å². The molecular formula is C9H6BF4N5. The predicted octanol–water partition coefficient (Wildman–Crippen LogP) is 1.08. The maximum atomic E-state index is 13.3.